The summed E-state index contributed by atoms with van der Waals surface area (Å²) in [7, 11) is 1.82. The highest BCUT2D eigenvalue weighted by atomic mass is 15.4. The monoisotopic (exact) mass is 190 g/mol. The van der Waals surface area contributed by atoms with Gasteiger partial charge >= 0.3 is 0 Å². The number of hydrazine groups is 1. The molecule has 0 saturated carbocycles. The van der Waals surface area contributed by atoms with Gasteiger partial charge in [0, 0.05) is 25.8 Å². The third-order valence-electron chi connectivity index (χ3n) is 1.81. The normalized spacial score (nSPS) is 9.86. The van der Waals surface area contributed by atoms with Crippen molar-refractivity contribution in [3.63, 3.8) is 0 Å². The fourth-order valence-electron chi connectivity index (χ4n) is 1.04. The molecule has 0 aromatic heterocycles. The van der Waals surface area contributed by atoms with E-state index in [9.17, 15) is 0 Å². The second kappa shape index (κ2) is 5.22. The largest absolute Gasteiger partial charge is 0.384 e. The van der Waals surface area contributed by atoms with Gasteiger partial charge in [0.2, 0.25) is 0 Å². The van der Waals surface area contributed by atoms with Gasteiger partial charge in [-0.1, -0.05) is 0 Å². The second-order valence-electron chi connectivity index (χ2n) is 3.10. The van der Waals surface area contributed by atoms with Gasteiger partial charge < -0.3 is 5.32 Å². The maximum Gasteiger partial charge on any atom is 0.0991 e. The van der Waals surface area contributed by atoms with Gasteiger partial charge in [0.25, 0.3) is 0 Å². The van der Waals surface area contributed by atoms with E-state index < -0.39 is 0 Å². The molecule has 3 N–H and O–H groups in total. The average Bonchev–Trinajstić information content (AvgIpc) is 2.18. The molecule has 14 heavy (non-hydrogen) atoms. The first-order valence-electron chi connectivity index (χ1n) is 4.42. The van der Waals surface area contributed by atoms with Crippen molar-refractivity contribution in [2.75, 3.05) is 25.5 Å². The number of anilines is 1. The number of hydrogen-bond acceptors (Lipinski definition) is 4. The van der Waals surface area contributed by atoms with Gasteiger partial charge in [-0.3, -0.25) is 5.84 Å². The van der Waals surface area contributed by atoms with Crippen molar-refractivity contribution < 1.29 is 0 Å². The molecule has 0 unspecified atom stereocenters. The number of rotatable bonds is 4. The zero-order valence-electron chi connectivity index (χ0n) is 8.20. The first kappa shape index (κ1) is 10.5. The van der Waals surface area contributed by atoms with Crippen LogP contribution in [-0.4, -0.2) is 25.1 Å². The molecule has 0 atom stereocenters. The van der Waals surface area contributed by atoms with Gasteiger partial charge in [0.15, 0.2) is 0 Å². The maximum atomic E-state index is 8.58. The lowest BCUT2D eigenvalue weighted by molar-refractivity contribution is 0.363. The fraction of sp³-hybridized carbons (Fsp3) is 0.300. The maximum absolute atomic E-state index is 8.58. The molecule has 1 rings (SSSR count). The van der Waals surface area contributed by atoms with Crippen molar-refractivity contribution in [2.45, 2.75) is 0 Å². The van der Waals surface area contributed by atoms with Gasteiger partial charge in [-0.05, 0) is 24.3 Å². The molecule has 0 aliphatic carbocycles. The van der Waals surface area contributed by atoms with Crippen LogP contribution in [0.15, 0.2) is 24.3 Å². The molecule has 0 fully saturated rings. The predicted molar refractivity (Wildman–Crippen MR) is 56.5 cm³/mol. The Bertz CT molecular complexity index is 310. The fourth-order valence-corrected chi connectivity index (χ4v) is 1.04. The first-order chi connectivity index (χ1) is 6.72. The number of nitrogens with one attached hydrogen (secondary N) is 1. The van der Waals surface area contributed by atoms with Crippen molar-refractivity contribution in [3.05, 3.63) is 29.8 Å². The lowest BCUT2D eigenvalue weighted by atomic mass is 10.2. The minimum atomic E-state index is 0.673. The van der Waals surface area contributed by atoms with Gasteiger partial charge in [0.1, 0.15) is 0 Å². The summed E-state index contributed by atoms with van der Waals surface area (Å²) in [4.78, 5) is 0. The summed E-state index contributed by atoms with van der Waals surface area (Å²) in [6, 6.07) is 9.41. The smallest absolute Gasteiger partial charge is 0.0991 e. The summed E-state index contributed by atoms with van der Waals surface area (Å²) < 4.78 is 0. The van der Waals surface area contributed by atoms with Crippen LogP contribution in [0.3, 0.4) is 0 Å². The Labute approximate surface area is 83.9 Å². The molecule has 0 aliphatic rings. The Kier molecular flexibility index (Phi) is 3.92. The van der Waals surface area contributed by atoms with E-state index in [1.807, 2.05) is 19.2 Å². The zero-order valence-corrected chi connectivity index (χ0v) is 8.20. The molecule has 1 aromatic rings. The highest BCUT2D eigenvalue weighted by molar-refractivity contribution is 5.47. The molecule has 0 spiro atoms. The SMILES string of the molecule is CN(N)CCNc1ccc(C#N)cc1. The molecule has 0 amide bonds. The van der Waals surface area contributed by atoms with E-state index in [2.05, 4.69) is 11.4 Å². The van der Waals surface area contributed by atoms with Crippen molar-refractivity contribution in [2.24, 2.45) is 5.84 Å². The Morgan fingerprint density at radius 3 is 2.57 bits per heavy atom. The lowest BCUT2D eigenvalue weighted by Gasteiger charge is -2.10. The number of benzene rings is 1. The van der Waals surface area contributed by atoms with Crippen LogP contribution >= 0.6 is 0 Å². The number of hydrogen-bond donors (Lipinski definition) is 2. The summed E-state index contributed by atoms with van der Waals surface area (Å²) in [5.74, 6) is 5.45. The summed E-state index contributed by atoms with van der Waals surface area (Å²) in [6.45, 7) is 1.57. The molecule has 0 radical (unpaired) electrons. The Hall–Kier alpha value is -1.57. The van der Waals surface area contributed by atoms with Crippen LogP contribution in [0.25, 0.3) is 0 Å². The number of nitrogens with two attached hydrogens (primary N) is 1. The first-order valence-corrected chi connectivity index (χ1v) is 4.42. The summed E-state index contributed by atoms with van der Waals surface area (Å²) in [5.41, 5.74) is 1.68. The minimum Gasteiger partial charge on any atom is -0.384 e. The molecule has 0 bridgehead atoms. The zero-order chi connectivity index (χ0) is 10.4. The van der Waals surface area contributed by atoms with Crippen molar-refractivity contribution in [1.82, 2.24) is 5.01 Å². The van der Waals surface area contributed by atoms with Gasteiger partial charge in [-0.25, -0.2) is 5.01 Å². The molecule has 4 heteroatoms. The van der Waals surface area contributed by atoms with E-state index in [1.165, 1.54) is 0 Å². The van der Waals surface area contributed by atoms with Crippen LogP contribution < -0.4 is 11.2 Å². The molecule has 1 aromatic carbocycles. The van der Waals surface area contributed by atoms with Crippen molar-refractivity contribution >= 4 is 5.69 Å². The van der Waals surface area contributed by atoms with Gasteiger partial charge in [-0.15, -0.1) is 0 Å². The second-order valence-corrected chi connectivity index (χ2v) is 3.10. The highest BCUT2D eigenvalue weighted by Gasteiger charge is 1.93. The highest BCUT2D eigenvalue weighted by Crippen LogP contribution is 2.07. The molecule has 0 saturated heterocycles. The van der Waals surface area contributed by atoms with Crippen LogP contribution in [0.1, 0.15) is 5.56 Å². The quantitative estimate of drug-likeness (QED) is 0.544. The van der Waals surface area contributed by atoms with E-state index >= 15 is 0 Å². The average molecular weight is 190 g/mol. The molecule has 0 aliphatic heterocycles. The van der Waals surface area contributed by atoms with Crippen LogP contribution in [0.5, 0.6) is 0 Å². The van der Waals surface area contributed by atoms with Gasteiger partial charge in [0.05, 0.1) is 11.6 Å². The van der Waals surface area contributed by atoms with E-state index in [-0.39, 0.29) is 0 Å². The van der Waals surface area contributed by atoms with Crippen molar-refractivity contribution in [1.29, 1.82) is 5.26 Å². The van der Waals surface area contributed by atoms with E-state index in [4.69, 9.17) is 11.1 Å². The topological polar surface area (TPSA) is 65.1 Å². The van der Waals surface area contributed by atoms with E-state index in [0.717, 1.165) is 18.8 Å². The Morgan fingerprint density at radius 1 is 1.43 bits per heavy atom. The third-order valence-corrected chi connectivity index (χ3v) is 1.81. The van der Waals surface area contributed by atoms with Gasteiger partial charge in [-0.2, -0.15) is 5.26 Å². The van der Waals surface area contributed by atoms with E-state index in [1.54, 1.807) is 17.1 Å². The van der Waals surface area contributed by atoms with Crippen molar-refractivity contribution in [3.8, 4) is 6.07 Å². The molecule has 4 nitrogen and oxygen atoms in total. The van der Waals surface area contributed by atoms with Crippen LogP contribution in [-0.2, 0) is 0 Å². The molecule has 0 heterocycles. The van der Waals surface area contributed by atoms with Crippen LogP contribution in [0, 0.1) is 11.3 Å². The number of likely N-dealkylation sites (N-methyl/N-ethyl adjacent to an activating group) is 1. The van der Waals surface area contributed by atoms with E-state index in [0.29, 0.717) is 5.56 Å². The van der Waals surface area contributed by atoms with Crippen LogP contribution in [0.2, 0.25) is 0 Å². The number of nitrogens with zero attached hydrogens (tertiary/aromatic N) is 2. The summed E-state index contributed by atoms with van der Waals surface area (Å²) >= 11 is 0. The number of nitriles is 1. The minimum absolute atomic E-state index is 0.673. The molecular formula is C10H14N4. The Balaban J connectivity index is 2.41. The lowest BCUT2D eigenvalue weighted by Crippen LogP contribution is -2.31. The Morgan fingerprint density at radius 2 is 2.07 bits per heavy atom. The molecular weight excluding hydrogens is 176 g/mol. The summed E-state index contributed by atoms with van der Waals surface area (Å²) in [5, 5.41) is 13.4. The predicted octanol–water partition coefficient (Wildman–Crippen LogP) is 0.776. The molecule has 74 valence electrons. The van der Waals surface area contributed by atoms with Crippen LogP contribution in [0.4, 0.5) is 5.69 Å². The summed E-state index contributed by atoms with van der Waals surface area (Å²) in [6.07, 6.45) is 0. The standard InChI is InChI=1S/C10H14N4/c1-14(12)7-6-13-10-4-2-9(8-11)3-5-10/h2-5,13H,6-7,12H2,1H3. The third kappa shape index (κ3) is 3.44.